The Labute approximate surface area is 315 Å². The van der Waals surface area contributed by atoms with Crippen molar-refractivity contribution in [2.75, 3.05) is 51.6 Å². The summed E-state index contributed by atoms with van der Waals surface area (Å²) in [6.45, 7) is 4.73. The number of nitrogens with zero attached hydrogens (tertiary/aromatic N) is 3. The smallest absolute Gasteiger partial charge is 0.247 e. The number of nitrogens with two attached hydrogens (primary N) is 1. The predicted molar refractivity (Wildman–Crippen MR) is 201 cm³/mol. The van der Waals surface area contributed by atoms with Crippen molar-refractivity contribution in [3.63, 3.8) is 0 Å². The summed E-state index contributed by atoms with van der Waals surface area (Å²) in [5.74, 6) is -2.40. The number of amides is 3. The maximum Gasteiger partial charge on any atom is 0.247 e. The van der Waals surface area contributed by atoms with Gasteiger partial charge in [0.25, 0.3) is 0 Å². The minimum atomic E-state index is -1.40. The van der Waals surface area contributed by atoms with Crippen LogP contribution >= 0.6 is 11.3 Å². The molecule has 0 radical (unpaired) electrons. The number of anilines is 2. The van der Waals surface area contributed by atoms with E-state index in [2.05, 4.69) is 4.98 Å². The minimum absolute atomic E-state index is 0.0540. The van der Waals surface area contributed by atoms with E-state index in [1.807, 2.05) is 30.3 Å². The highest BCUT2D eigenvalue weighted by Gasteiger charge is 2.57. The first-order chi connectivity index (χ1) is 26.1. The van der Waals surface area contributed by atoms with Crippen molar-refractivity contribution in [1.82, 2.24) is 9.88 Å². The third-order valence-corrected chi connectivity index (χ3v) is 10.2. The van der Waals surface area contributed by atoms with Gasteiger partial charge < -0.3 is 29.6 Å². The minimum Gasteiger partial charge on any atom is -0.453 e. The Morgan fingerprint density at radius 2 is 1.54 bits per heavy atom. The second-order valence-electron chi connectivity index (χ2n) is 12.8. The van der Waals surface area contributed by atoms with Gasteiger partial charge in [-0.3, -0.25) is 24.3 Å². The van der Waals surface area contributed by atoms with Crippen molar-refractivity contribution in [1.29, 1.82) is 0 Å². The number of rotatable bonds is 18. The number of benzene rings is 3. The summed E-state index contributed by atoms with van der Waals surface area (Å²) in [7, 11) is 1.62. The van der Waals surface area contributed by atoms with E-state index in [1.54, 1.807) is 24.3 Å². The quantitative estimate of drug-likeness (QED) is 0.0747. The molecule has 1 saturated carbocycles. The van der Waals surface area contributed by atoms with E-state index >= 15 is 4.39 Å². The maximum atomic E-state index is 15.7. The van der Waals surface area contributed by atoms with E-state index < -0.39 is 28.9 Å². The van der Waals surface area contributed by atoms with Crippen LogP contribution in [0.1, 0.15) is 25.3 Å². The zero-order valence-electron chi connectivity index (χ0n) is 29.9. The Morgan fingerprint density at radius 1 is 0.852 bits per heavy atom. The van der Waals surface area contributed by atoms with Gasteiger partial charge in [0.2, 0.25) is 17.7 Å². The lowest BCUT2D eigenvalue weighted by molar-refractivity contribution is -0.133. The third kappa shape index (κ3) is 8.91. The number of primary amides is 1. The van der Waals surface area contributed by atoms with Gasteiger partial charge in [0.1, 0.15) is 17.0 Å². The topological polar surface area (TPSA) is 134 Å². The number of thiophene rings is 1. The van der Waals surface area contributed by atoms with Crippen molar-refractivity contribution in [2.24, 2.45) is 11.1 Å². The number of hydrogen-bond donors (Lipinski definition) is 1. The summed E-state index contributed by atoms with van der Waals surface area (Å²) >= 11 is 1.44. The molecule has 3 amide bonds. The molecule has 54 heavy (non-hydrogen) atoms. The Balaban J connectivity index is 1.14. The largest absolute Gasteiger partial charge is 0.453 e. The summed E-state index contributed by atoms with van der Waals surface area (Å²) in [4.78, 5) is 46.5. The number of fused-ring (bicyclic) bond motifs is 1. The van der Waals surface area contributed by atoms with Gasteiger partial charge in [0.15, 0.2) is 11.6 Å². The number of carbonyl (C=O) groups is 3. The molecule has 0 bridgehead atoms. The lowest BCUT2D eigenvalue weighted by Crippen LogP contribution is -2.41. The second kappa shape index (κ2) is 17.2. The molecule has 282 valence electrons. The molecular weight excluding hydrogens is 719 g/mol. The van der Waals surface area contributed by atoms with Crippen LogP contribution in [0.15, 0.2) is 85.1 Å². The zero-order chi connectivity index (χ0) is 38.2. The molecule has 11 nitrogen and oxygen atoms in total. The van der Waals surface area contributed by atoms with E-state index in [0.717, 1.165) is 22.1 Å². The van der Waals surface area contributed by atoms with Crippen molar-refractivity contribution in [2.45, 2.75) is 26.3 Å². The van der Waals surface area contributed by atoms with Gasteiger partial charge in [0.05, 0.1) is 48.9 Å². The molecule has 2 N–H and O–H groups in total. The molecular formula is C40H40F2N4O7S. The van der Waals surface area contributed by atoms with Crippen molar-refractivity contribution in [3.05, 3.63) is 102 Å². The molecule has 0 aliphatic heterocycles. The van der Waals surface area contributed by atoms with Crippen LogP contribution in [0, 0.1) is 17.0 Å². The molecule has 1 fully saturated rings. The first kappa shape index (κ1) is 38.4. The van der Waals surface area contributed by atoms with Crippen molar-refractivity contribution >= 4 is 50.6 Å². The molecule has 3 aromatic carbocycles. The Hall–Kier alpha value is -5.28. The highest BCUT2D eigenvalue weighted by molar-refractivity contribution is 7.22. The van der Waals surface area contributed by atoms with Crippen LogP contribution in [-0.2, 0) is 35.1 Å². The lowest BCUT2D eigenvalue weighted by Gasteiger charge is -2.26. The van der Waals surface area contributed by atoms with Crippen LogP contribution in [0.2, 0.25) is 0 Å². The zero-order valence-corrected chi connectivity index (χ0v) is 30.7. The third-order valence-electron chi connectivity index (χ3n) is 9.05. The number of pyridine rings is 1. The van der Waals surface area contributed by atoms with Crippen LogP contribution < -0.4 is 15.4 Å². The van der Waals surface area contributed by atoms with E-state index in [0.29, 0.717) is 62.1 Å². The van der Waals surface area contributed by atoms with E-state index in [4.69, 9.17) is 24.7 Å². The van der Waals surface area contributed by atoms with Crippen LogP contribution in [0.5, 0.6) is 11.5 Å². The number of ether oxygens (including phenoxy) is 4. The predicted octanol–water partition coefficient (Wildman–Crippen LogP) is 6.99. The summed E-state index contributed by atoms with van der Waals surface area (Å²) in [6, 6.07) is 20.6. The molecule has 0 unspecified atom stereocenters. The number of hydrogen-bond acceptors (Lipinski definition) is 9. The summed E-state index contributed by atoms with van der Waals surface area (Å²) < 4.78 is 52.2. The molecule has 2 heterocycles. The molecule has 5 aromatic rings. The van der Waals surface area contributed by atoms with Crippen molar-refractivity contribution in [3.8, 4) is 21.9 Å². The highest BCUT2D eigenvalue weighted by Crippen LogP contribution is 2.49. The molecule has 6 rings (SSSR count). The lowest BCUT2D eigenvalue weighted by atomic mass is 10.0. The van der Waals surface area contributed by atoms with Gasteiger partial charge in [-0.15, -0.1) is 11.3 Å². The number of aromatic nitrogens is 1. The fourth-order valence-electron chi connectivity index (χ4n) is 5.83. The average Bonchev–Trinajstić information content (AvgIpc) is 3.87. The fourth-order valence-corrected chi connectivity index (χ4v) is 6.90. The Kier molecular flexibility index (Phi) is 12.3. The standard InChI is InChI=1S/C40H40F2N4O7S/c1-26(47)45(17-18-51-21-22-52-20-19-50-2)25-27-3-5-28(6-4-27)36-24-33-37(54-36)35(13-16-44-33)53-34-12-11-31(23-32(34)42)46(30-9-7-29(41)8-10-30)39(49)40(14-15-40)38(43)48/h3-13,16,23-24H,14-15,17-22,25H2,1-2H3,(H2,43,48). The van der Waals surface area contributed by atoms with Gasteiger partial charge in [-0.1, -0.05) is 24.3 Å². The first-order valence-corrected chi connectivity index (χ1v) is 18.2. The number of carbonyl (C=O) groups excluding carboxylic acids is 3. The molecule has 14 heteroatoms. The van der Waals surface area contributed by atoms with Gasteiger partial charge in [-0.05, 0) is 66.4 Å². The van der Waals surface area contributed by atoms with E-state index in [-0.39, 0.29) is 35.9 Å². The van der Waals surface area contributed by atoms with E-state index in [1.165, 1.54) is 59.6 Å². The molecule has 1 aliphatic rings. The second-order valence-corrected chi connectivity index (χ2v) is 13.8. The Morgan fingerprint density at radius 3 is 2.19 bits per heavy atom. The van der Waals surface area contributed by atoms with Crippen LogP contribution in [0.25, 0.3) is 20.7 Å². The fraction of sp³-hybridized carbons (Fsp3) is 0.300. The SMILES string of the molecule is COCCOCCOCCN(Cc1ccc(-c2cc3nccc(Oc4ccc(N(C(=O)C5(C(N)=O)CC5)c5ccc(F)cc5)cc4F)c3s2)cc1)C(C)=O. The first-order valence-electron chi connectivity index (χ1n) is 17.3. The monoisotopic (exact) mass is 758 g/mol. The molecule has 1 aliphatic carbocycles. The molecule has 2 aromatic heterocycles. The van der Waals surface area contributed by atoms with Gasteiger partial charge >= 0.3 is 0 Å². The number of halogens is 2. The van der Waals surface area contributed by atoms with Gasteiger partial charge in [-0.25, -0.2) is 8.78 Å². The molecule has 0 saturated heterocycles. The summed E-state index contributed by atoms with van der Waals surface area (Å²) in [5, 5.41) is 0. The van der Waals surface area contributed by atoms with Crippen LogP contribution in [0.3, 0.4) is 0 Å². The number of methoxy groups -OCH3 is 1. The van der Waals surface area contributed by atoms with Gasteiger partial charge in [0, 0.05) is 56.0 Å². The maximum absolute atomic E-state index is 15.7. The highest BCUT2D eigenvalue weighted by atomic mass is 32.1. The van der Waals surface area contributed by atoms with Crippen LogP contribution in [-0.4, -0.2) is 74.3 Å². The van der Waals surface area contributed by atoms with Gasteiger partial charge in [-0.2, -0.15) is 0 Å². The summed E-state index contributed by atoms with van der Waals surface area (Å²) in [6.07, 6.45) is 2.12. The van der Waals surface area contributed by atoms with Crippen molar-refractivity contribution < 1.29 is 42.1 Å². The average molecular weight is 759 g/mol. The van der Waals surface area contributed by atoms with Crippen LogP contribution in [0.4, 0.5) is 20.2 Å². The molecule has 0 atom stereocenters. The summed E-state index contributed by atoms with van der Waals surface area (Å²) in [5.41, 5.74) is 7.12. The normalized spacial score (nSPS) is 13.1. The molecule has 0 spiro atoms. The Bertz CT molecular complexity index is 2110. The van der Waals surface area contributed by atoms with E-state index in [9.17, 15) is 18.8 Å².